The number of aliphatic hydroxyl groups is 1. The summed E-state index contributed by atoms with van der Waals surface area (Å²) in [6, 6.07) is 11.7. The molecule has 0 bridgehead atoms. The van der Waals surface area contributed by atoms with Gasteiger partial charge in [-0.05, 0) is 49.7 Å². The highest BCUT2D eigenvalue weighted by molar-refractivity contribution is 5.96. The molecule has 0 fully saturated rings. The van der Waals surface area contributed by atoms with Crippen LogP contribution in [0.2, 0.25) is 0 Å². The van der Waals surface area contributed by atoms with Gasteiger partial charge in [-0.2, -0.15) is 0 Å². The fourth-order valence-electron chi connectivity index (χ4n) is 7.02. The second-order valence-corrected chi connectivity index (χ2v) is 20.5. The molecule has 4 rings (SSSR count). The summed E-state index contributed by atoms with van der Waals surface area (Å²) in [6.07, 6.45) is 3.63. The summed E-state index contributed by atoms with van der Waals surface area (Å²) < 4.78 is 0. The number of aliphatic hydroxyl groups excluding tert-OH is 1. The number of fused-ring (bicyclic) bond motifs is 1. The minimum atomic E-state index is -1.36. The molecule has 26 heteroatoms. The first-order valence-electron chi connectivity index (χ1n) is 28.9. The monoisotopic (exact) mass is 1210 g/mol. The molecule has 0 aliphatic carbocycles. The number of benzene rings is 2. The Kier molecular flexibility index (Phi) is 42.2. The minimum Gasteiger partial charge on any atom is -0.391 e. The Morgan fingerprint density at radius 1 is 0.628 bits per heavy atom. The molecule has 11 amide bonds. The van der Waals surface area contributed by atoms with Gasteiger partial charge in [0.1, 0.15) is 30.2 Å². The second-order valence-electron chi connectivity index (χ2n) is 20.5. The molecule has 6 unspecified atom stereocenters. The fourth-order valence-corrected chi connectivity index (χ4v) is 7.02. The molecule has 0 spiro atoms. The van der Waals surface area contributed by atoms with Crippen molar-refractivity contribution < 1.29 is 57.8 Å². The predicted octanol–water partition coefficient (Wildman–Crippen LogP) is 1.74. The number of rotatable bonds is 29. The van der Waals surface area contributed by atoms with Crippen molar-refractivity contribution in [3.05, 3.63) is 90.1 Å². The number of carbonyl (C=O) groups excluding carboxylic acids is 11. The van der Waals surface area contributed by atoms with Crippen LogP contribution < -0.4 is 59.3 Å². The van der Waals surface area contributed by atoms with E-state index in [1.807, 2.05) is 77.9 Å². The number of nitrogens with two attached hydrogens (primary N) is 2. The maximum Gasteiger partial charge on any atom is 0.243 e. The summed E-state index contributed by atoms with van der Waals surface area (Å²) in [4.78, 5) is 146. The van der Waals surface area contributed by atoms with E-state index in [2.05, 4.69) is 108 Å². The molecule has 0 aliphatic rings. The summed E-state index contributed by atoms with van der Waals surface area (Å²) in [7, 11) is 0. The zero-order valence-corrected chi connectivity index (χ0v) is 52.6. The Morgan fingerprint density at radius 3 is 1.67 bits per heavy atom. The van der Waals surface area contributed by atoms with Crippen LogP contribution in [0, 0.1) is 24.7 Å². The number of nitrogens with one attached hydrogen (secondary N) is 11. The number of amides is 11. The van der Waals surface area contributed by atoms with Gasteiger partial charge in [0.05, 0.1) is 38.5 Å². The largest absolute Gasteiger partial charge is 0.391 e. The number of nitrogens with zero attached hydrogens (tertiary/aromatic N) is 1. The molecule has 6 atom stereocenters. The lowest BCUT2D eigenvalue weighted by molar-refractivity contribution is -0.134. The molecular weight excluding hydrogens is 1110 g/mol. The highest BCUT2D eigenvalue weighted by Gasteiger charge is 2.31. The van der Waals surface area contributed by atoms with Gasteiger partial charge in [-0.15, -0.1) is 0 Å². The first-order chi connectivity index (χ1) is 40.7. The molecule has 16 N–H and O–H groups in total. The van der Waals surface area contributed by atoms with E-state index in [1.54, 1.807) is 33.0 Å². The number of aryl methyl sites for hydroxylation is 1. The number of carbonyl (C=O) groups is 11. The standard InChI is InChI=1S/C42H61N13O11.C7H8.C4H10.C3H7NO.2C2H6/c1-22(2)10-30(38(43)62)52-33(58)13-27(57)16-48-40(64)32(12-26-15-44-20-50-26)54-36(61)19-49-42(66)37(23(3)4)55-39(63)24(5)51-41(65)31(53-35(60)18-47-34(59)17-45-21-56)11-25-14-46-29-9-7-6-8-28(25)29;1-7-5-3-2-4-6-7;1-4(2)3;1-2-3(4)5;2*1-2/h6-9,14-15,20-24,27,30-32,37,46,57H,10-13,16-19H2,1-5H3,(H2,43,62)(H,44,50)(H,45,56)(H,47,59)(H,48,64)(H,49,66)(H,51,65)(H,52,58)(H,53,60)(H,54,61)(H,55,63);2-6H,1H3;4H,1-3H3;2H2,1H3,(H2,4,5);2*1-2H3. The third-order valence-corrected chi connectivity index (χ3v) is 11.2. The number of aromatic amines is 2. The van der Waals surface area contributed by atoms with Crippen molar-refractivity contribution in [2.24, 2.45) is 29.2 Å². The summed E-state index contributed by atoms with van der Waals surface area (Å²) in [6.45, 7) is 24.8. The molecule has 26 nitrogen and oxygen atoms in total. The van der Waals surface area contributed by atoms with Crippen molar-refractivity contribution in [3.63, 3.8) is 0 Å². The van der Waals surface area contributed by atoms with E-state index in [4.69, 9.17) is 5.73 Å². The van der Waals surface area contributed by atoms with Crippen LogP contribution in [0.4, 0.5) is 0 Å². The predicted molar refractivity (Wildman–Crippen MR) is 331 cm³/mol. The second kappa shape index (κ2) is 45.7. The van der Waals surface area contributed by atoms with Crippen LogP contribution in [0.1, 0.15) is 126 Å². The van der Waals surface area contributed by atoms with Crippen molar-refractivity contribution in [1.82, 2.24) is 62.8 Å². The van der Waals surface area contributed by atoms with Crippen LogP contribution in [-0.4, -0.2) is 148 Å². The molecule has 86 heavy (non-hydrogen) atoms. The van der Waals surface area contributed by atoms with Gasteiger partial charge in [0.15, 0.2) is 0 Å². The Hall–Kier alpha value is -8.68. The zero-order chi connectivity index (χ0) is 65.9. The number of aromatic nitrogens is 3. The quantitative estimate of drug-likeness (QED) is 0.0345. The highest BCUT2D eigenvalue weighted by Crippen LogP contribution is 2.19. The number of hydrogen-bond acceptors (Lipinski definition) is 13. The van der Waals surface area contributed by atoms with Crippen LogP contribution in [0.3, 0.4) is 0 Å². The first-order valence-corrected chi connectivity index (χ1v) is 28.9. The SMILES string of the molecule is CC.CC.CC(C)C.CC(C)CC(NC(=O)CC(O)CNC(=O)C(Cc1cnc[nH]1)NC(=O)CNC(=O)C(NC(=O)C(C)NC(=O)C(Cc1c[nH]c2ccccc12)NC(=O)CNC(=O)CNC=O)C(C)C)C(N)=O.CCC(N)=O.Cc1ccccc1. The van der Waals surface area contributed by atoms with E-state index in [1.165, 1.54) is 25.0 Å². The molecule has 2 aromatic carbocycles. The smallest absolute Gasteiger partial charge is 0.243 e. The molecule has 2 heterocycles. The summed E-state index contributed by atoms with van der Waals surface area (Å²) in [5.41, 5.74) is 13.3. The van der Waals surface area contributed by atoms with E-state index < -0.39 is 115 Å². The van der Waals surface area contributed by atoms with Crippen molar-refractivity contribution in [3.8, 4) is 0 Å². The molecular formula is C60H98N14O12. The fraction of sp³-hybridized carbons (Fsp3) is 0.533. The van der Waals surface area contributed by atoms with Gasteiger partial charge in [0.25, 0.3) is 0 Å². The lowest BCUT2D eigenvalue weighted by Crippen LogP contribution is -2.58. The normalized spacial score (nSPS) is 12.3. The summed E-state index contributed by atoms with van der Waals surface area (Å²) >= 11 is 0. The highest BCUT2D eigenvalue weighted by atomic mass is 16.3. The first kappa shape index (κ1) is 79.4. The molecule has 0 radical (unpaired) electrons. The van der Waals surface area contributed by atoms with Gasteiger partial charge < -0.3 is 74.4 Å². The van der Waals surface area contributed by atoms with Gasteiger partial charge in [0, 0.05) is 54.8 Å². The molecule has 0 aliphatic heterocycles. The maximum atomic E-state index is 13.7. The Balaban J connectivity index is 0. The lowest BCUT2D eigenvalue weighted by Gasteiger charge is -2.25. The van der Waals surface area contributed by atoms with E-state index >= 15 is 0 Å². The van der Waals surface area contributed by atoms with Gasteiger partial charge in [-0.25, -0.2) is 4.98 Å². The van der Waals surface area contributed by atoms with Crippen LogP contribution in [0.5, 0.6) is 0 Å². The van der Waals surface area contributed by atoms with Gasteiger partial charge in [-0.1, -0.05) is 137 Å². The molecule has 4 aromatic rings. The van der Waals surface area contributed by atoms with E-state index in [9.17, 15) is 57.8 Å². The van der Waals surface area contributed by atoms with Gasteiger partial charge >= 0.3 is 0 Å². The van der Waals surface area contributed by atoms with Crippen LogP contribution in [0.25, 0.3) is 10.9 Å². The van der Waals surface area contributed by atoms with Gasteiger partial charge in [-0.3, -0.25) is 52.7 Å². The average Bonchev–Trinajstić information content (AvgIpc) is 2.27. The van der Waals surface area contributed by atoms with Crippen molar-refractivity contribution >= 4 is 76.4 Å². The number of H-pyrrole nitrogens is 2. The molecule has 0 saturated heterocycles. The number of primary amides is 2. The summed E-state index contributed by atoms with van der Waals surface area (Å²) in [5.74, 6) is -6.44. The van der Waals surface area contributed by atoms with Crippen molar-refractivity contribution in [2.75, 3.05) is 26.2 Å². The van der Waals surface area contributed by atoms with Crippen LogP contribution in [0.15, 0.2) is 73.3 Å². The molecule has 0 saturated carbocycles. The van der Waals surface area contributed by atoms with Crippen molar-refractivity contribution in [1.29, 1.82) is 0 Å². The molecule has 2 aromatic heterocycles. The van der Waals surface area contributed by atoms with Gasteiger partial charge in [0.2, 0.25) is 65.5 Å². The Labute approximate surface area is 506 Å². The minimum absolute atomic E-state index is 0.0144. The van der Waals surface area contributed by atoms with Crippen LogP contribution >= 0.6 is 0 Å². The van der Waals surface area contributed by atoms with Crippen molar-refractivity contribution in [2.45, 2.75) is 165 Å². The molecule has 480 valence electrons. The van der Waals surface area contributed by atoms with E-state index in [0.717, 1.165) is 16.8 Å². The van der Waals surface area contributed by atoms with Crippen LogP contribution in [-0.2, 0) is 65.6 Å². The van der Waals surface area contributed by atoms with E-state index in [-0.39, 0.29) is 37.8 Å². The summed E-state index contributed by atoms with van der Waals surface area (Å²) in [5, 5.41) is 33.4. The average molecular weight is 1210 g/mol. The topological polar surface area (TPSA) is 413 Å². The number of hydrogen-bond donors (Lipinski definition) is 14. The zero-order valence-electron chi connectivity index (χ0n) is 52.6. The maximum absolute atomic E-state index is 13.7. The number of para-hydroxylation sites is 1. The third kappa shape index (κ3) is 36.1. The lowest BCUT2D eigenvalue weighted by atomic mass is 10.0. The third-order valence-electron chi connectivity index (χ3n) is 11.2. The Bertz CT molecular complexity index is 2640. The Morgan fingerprint density at radius 2 is 1.17 bits per heavy atom. The van der Waals surface area contributed by atoms with E-state index in [0.29, 0.717) is 30.5 Å². The number of imidazole rings is 1.